The molecule has 31 heavy (non-hydrogen) atoms. The van der Waals surface area contributed by atoms with Crippen LogP contribution in [-0.2, 0) is 4.79 Å². The third kappa shape index (κ3) is 4.39. The Hall–Kier alpha value is -3.39. The number of amides is 3. The van der Waals surface area contributed by atoms with Crippen LogP contribution >= 0.6 is 11.6 Å². The number of carbonyl (C=O) groups is 2. The van der Waals surface area contributed by atoms with Gasteiger partial charge in [0.2, 0.25) is 5.75 Å². The lowest BCUT2D eigenvalue weighted by atomic mass is 9.93. The van der Waals surface area contributed by atoms with Crippen LogP contribution in [0.3, 0.4) is 0 Å². The summed E-state index contributed by atoms with van der Waals surface area (Å²) in [6.45, 7) is 1.72. The summed E-state index contributed by atoms with van der Waals surface area (Å²) in [5.41, 5.74) is 2.09. The van der Waals surface area contributed by atoms with Crippen molar-refractivity contribution in [2.75, 3.05) is 33.7 Å². The van der Waals surface area contributed by atoms with E-state index in [2.05, 4.69) is 10.6 Å². The highest BCUT2D eigenvalue weighted by molar-refractivity contribution is 6.30. The minimum absolute atomic E-state index is 0.334. The van der Waals surface area contributed by atoms with E-state index in [0.29, 0.717) is 44.8 Å². The van der Waals surface area contributed by atoms with Gasteiger partial charge in [0.15, 0.2) is 11.5 Å². The second-order valence-corrected chi connectivity index (χ2v) is 7.30. The first-order valence-electron chi connectivity index (χ1n) is 9.42. The smallest absolute Gasteiger partial charge is 0.322 e. The lowest BCUT2D eigenvalue weighted by molar-refractivity contribution is -0.113. The third-order valence-electron chi connectivity index (χ3n) is 5.12. The molecular weight excluding hydrogens is 422 g/mol. The molecule has 0 aliphatic carbocycles. The first-order valence-corrected chi connectivity index (χ1v) is 9.80. The Morgan fingerprint density at radius 1 is 1.06 bits per heavy atom. The highest BCUT2D eigenvalue weighted by atomic mass is 35.5. The topological polar surface area (TPSA) is 89.1 Å². The van der Waals surface area contributed by atoms with E-state index in [0.717, 1.165) is 0 Å². The van der Waals surface area contributed by atoms with Gasteiger partial charge in [-0.25, -0.2) is 4.79 Å². The van der Waals surface area contributed by atoms with E-state index in [4.69, 9.17) is 25.8 Å². The minimum atomic E-state index is -0.732. The predicted octanol–water partition coefficient (Wildman–Crippen LogP) is 3.97. The van der Waals surface area contributed by atoms with E-state index in [1.54, 1.807) is 50.4 Å². The van der Waals surface area contributed by atoms with Gasteiger partial charge >= 0.3 is 6.03 Å². The van der Waals surface area contributed by atoms with Crippen molar-refractivity contribution < 1.29 is 23.8 Å². The molecule has 164 valence electrons. The van der Waals surface area contributed by atoms with Gasteiger partial charge in [-0.1, -0.05) is 11.6 Å². The third-order valence-corrected chi connectivity index (χ3v) is 5.37. The molecule has 0 saturated carbocycles. The first-order chi connectivity index (χ1) is 14.8. The van der Waals surface area contributed by atoms with Crippen molar-refractivity contribution in [2.45, 2.75) is 13.0 Å². The molecule has 0 radical (unpaired) electrons. The average Bonchev–Trinajstić information content (AvgIpc) is 2.77. The quantitative estimate of drug-likeness (QED) is 0.702. The molecule has 0 bridgehead atoms. The molecule has 0 aromatic heterocycles. The zero-order valence-corrected chi connectivity index (χ0v) is 18.7. The van der Waals surface area contributed by atoms with E-state index >= 15 is 0 Å². The number of benzene rings is 2. The van der Waals surface area contributed by atoms with Crippen LogP contribution in [0.15, 0.2) is 47.7 Å². The van der Waals surface area contributed by atoms with Gasteiger partial charge in [0, 0.05) is 23.5 Å². The zero-order chi connectivity index (χ0) is 22.7. The van der Waals surface area contributed by atoms with Crippen LogP contribution in [-0.4, -0.2) is 45.2 Å². The van der Waals surface area contributed by atoms with Crippen molar-refractivity contribution in [2.24, 2.45) is 0 Å². The Balaban J connectivity index is 2.08. The van der Waals surface area contributed by atoms with Crippen molar-refractivity contribution in [1.29, 1.82) is 0 Å². The lowest BCUT2D eigenvalue weighted by Gasteiger charge is -2.34. The Kier molecular flexibility index (Phi) is 6.60. The lowest BCUT2D eigenvalue weighted by Crippen LogP contribution is -2.46. The summed E-state index contributed by atoms with van der Waals surface area (Å²) >= 11 is 5.93. The van der Waals surface area contributed by atoms with Crippen LogP contribution in [0.1, 0.15) is 18.5 Å². The summed E-state index contributed by atoms with van der Waals surface area (Å²) in [6.07, 6.45) is 0. The number of nitrogens with one attached hydrogen (secondary N) is 2. The predicted molar refractivity (Wildman–Crippen MR) is 118 cm³/mol. The summed E-state index contributed by atoms with van der Waals surface area (Å²) in [4.78, 5) is 27.2. The van der Waals surface area contributed by atoms with E-state index < -0.39 is 6.04 Å². The number of hydrogen-bond donors (Lipinski definition) is 2. The number of anilines is 1. The van der Waals surface area contributed by atoms with Crippen molar-refractivity contribution in [3.05, 3.63) is 58.3 Å². The largest absolute Gasteiger partial charge is 0.493 e. The maximum Gasteiger partial charge on any atom is 0.322 e. The molecule has 3 amide bonds. The number of carbonyl (C=O) groups excluding carboxylic acids is 2. The summed E-state index contributed by atoms with van der Waals surface area (Å²) in [6, 6.07) is 9.13. The number of hydrogen-bond acceptors (Lipinski definition) is 5. The Bertz CT molecular complexity index is 1010. The summed E-state index contributed by atoms with van der Waals surface area (Å²) in [5.74, 6) is 0.895. The van der Waals surface area contributed by atoms with Gasteiger partial charge in [-0.05, 0) is 48.9 Å². The van der Waals surface area contributed by atoms with Crippen LogP contribution in [0.4, 0.5) is 10.5 Å². The molecule has 9 heteroatoms. The van der Waals surface area contributed by atoms with Gasteiger partial charge in [-0.15, -0.1) is 0 Å². The minimum Gasteiger partial charge on any atom is -0.493 e. The molecule has 0 saturated heterocycles. The van der Waals surface area contributed by atoms with Crippen molar-refractivity contribution in [3.8, 4) is 17.2 Å². The highest BCUT2D eigenvalue weighted by Gasteiger charge is 2.35. The SMILES string of the molecule is COc1cc(C2NC(=O)N(C)C(C)=C2C(=O)Nc2ccc(Cl)cc2)cc(OC)c1OC. The molecule has 1 unspecified atom stereocenters. The van der Waals surface area contributed by atoms with E-state index in [9.17, 15) is 9.59 Å². The Morgan fingerprint density at radius 2 is 1.65 bits per heavy atom. The summed E-state index contributed by atoms with van der Waals surface area (Å²) in [5, 5.41) is 6.30. The molecule has 0 spiro atoms. The molecule has 8 nitrogen and oxygen atoms in total. The second-order valence-electron chi connectivity index (χ2n) is 6.86. The van der Waals surface area contributed by atoms with Gasteiger partial charge in [-0.2, -0.15) is 0 Å². The number of methoxy groups -OCH3 is 3. The molecule has 2 aromatic carbocycles. The molecule has 1 aliphatic heterocycles. The van der Waals surface area contributed by atoms with Crippen LogP contribution in [0.5, 0.6) is 17.2 Å². The maximum absolute atomic E-state index is 13.3. The Morgan fingerprint density at radius 3 is 2.16 bits per heavy atom. The van der Waals surface area contributed by atoms with E-state index in [1.807, 2.05) is 0 Å². The van der Waals surface area contributed by atoms with Crippen LogP contribution in [0, 0.1) is 0 Å². The van der Waals surface area contributed by atoms with Crippen LogP contribution < -0.4 is 24.8 Å². The number of halogens is 1. The average molecular weight is 446 g/mol. The standard InChI is InChI=1S/C22H24ClN3O5/c1-12-18(21(27)24-15-8-6-14(23)7-9-15)19(25-22(28)26(12)2)13-10-16(29-3)20(31-5)17(11-13)30-4/h6-11,19H,1-5H3,(H,24,27)(H,25,28). The monoisotopic (exact) mass is 445 g/mol. The number of rotatable bonds is 6. The van der Waals surface area contributed by atoms with Crippen molar-refractivity contribution in [1.82, 2.24) is 10.2 Å². The fourth-order valence-electron chi connectivity index (χ4n) is 3.38. The molecule has 0 fully saturated rings. The Labute approximate surface area is 185 Å². The van der Waals surface area contributed by atoms with Gasteiger partial charge in [0.05, 0.1) is 32.9 Å². The van der Waals surface area contributed by atoms with E-state index in [1.165, 1.54) is 26.2 Å². The molecular formula is C22H24ClN3O5. The number of allylic oxidation sites excluding steroid dienone is 1. The number of urea groups is 1. The molecule has 1 aliphatic rings. The molecule has 2 N–H and O–H groups in total. The van der Waals surface area contributed by atoms with Crippen LogP contribution in [0.25, 0.3) is 0 Å². The zero-order valence-electron chi connectivity index (χ0n) is 17.9. The second kappa shape index (κ2) is 9.18. The highest BCUT2D eigenvalue weighted by Crippen LogP contribution is 2.42. The first kappa shape index (κ1) is 22.3. The number of ether oxygens (including phenoxy) is 3. The van der Waals surface area contributed by atoms with Crippen LogP contribution in [0.2, 0.25) is 5.02 Å². The molecule has 1 heterocycles. The molecule has 1 atom stereocenters. The van der Waals surface area contributed by atoms with Gasteiger partial charge in [-0.3, -0.25) is 4.79 Å². The molecule has 3 rings (SSSR count). The molecule has 2 aromatic rings. The van der Waals surface area contributed by atoms with Crippen molar-refractivity contribution in [3.63, 3.8) is 0 Å². The maximum atomic E-state index is 13.3. The van der Waals surface area contributed by atoms with Gasteiger partial charge in [0.25, 0.3) is 5.91 Å². The van der Waals surface area contributed by atoms with Crippen molar-refractivity contribution >= 4 is 29.2 Å². The van der Waals surface area contributed by atoms with Gasteiger partial charge in [0.1, 0.15) is 0 Å². The fourth-order valence-corrected chi connectivity index (χ4v) is 3.51. The fraction of sp³-hybridized carbons (Fsp3) is 0.273. The van der Waals surface area contributed by atoms with E-state index in [-0.39, 0.29) is 11.9 Å². The number of nitrogens with zero attached hydrogens (tertiary/aromatic N) is 1. The van der Waals surface area contributed by atoms with Gasteiger partial charge < -0.3 is 29.7 Å². The summed E-state index contributed by atoms with van der Waals surface area (Å²) < 4.78 is 16.2. The normalized spacial score (nSPS) is 16.0. The summed E-state index contributed by atoms with van der Waals surface area (Å²) in [7, 11) is 6.12.